The van der Waals surface area contributed by atoms with Crippen LogP contribution in [-0.2, 0) is 10.8 Å². The van der Waals surface area contributed by atoms with E-state index in [2.05, 4.69) is 30.2 Å². The summed E-state index contributed by atoms with van der Waals surface area (Å²) in [6, 6.07) is 3.84. The van der Waals surface area contributed by atoms with E-state index in [4.69, 9.17) is 0 Å². The standard InChI is InChI=1S/C17H15N7OS/c25-26(14-2-1-3-14)15-5-12-7-22-24(17(12)19-9-15)13-4-11(6-18-8-13)16-20-10-21-23-16/h4-10,14H,1-3H2,(H,20,21,23)/t26-/m1/s1. The van der Waals surface area contributed by atoms with Crippen LogP contribution in [0.1, 0.15) is 19.3 Å². The molecule has 1 fully saturated rings. The summed E-state index contributed by atoms with van der Waals surface area (Å²) in [6.45, 7) is 0. The van der Waals surface area contributed by atoms with Crippen LogP contribution in [-0.4, -0.2) is 44.4 Å². The molecule has 1 saturated carbocycles. The zero-order chi connectivity index (χ0) is 17.5. The van der Waals surface area contributed by atoms with Crippen molar-refractivity contribution in [2.75, 3.05) is 0 Å². The molecule has 0 spiro atoms. The number of hydrogen-bond donors (Lipinski definition) is 1. The summed E-state index contributed by atoms with van der Waals surface area (Å²) < 4.78 is 14.3. The van der Waals surface area contributed by atoms with E-state index in [-0.39, 0.29) is 5.25 Å². The van der Waals surface area contributed by atoms with E-state index in [0.717, 1.165) is 34.4 Å². The minimum absolute atomic E-state index is 0.270. The van der Waals surface area contributed by atoms with Crippen molar-refractivity contribution in [1.82, 2.24) is 34.9 Å². The van der Waals surface area contributed by atoms with Gasteiger partial charge < -0.3 is 0 Å². The lowest BCUT2D eigenvalue weighted by molar-refractivity contribution is 0.505. The van der Waals surface area contributed by atoms with Crippen molar-refractivity contribution >= 4 is 21.8 Å². The fourth-order valence-electron chi connectivity index (χ4n) is 2.99. The van der Waals surface area contributed by atoms with E-state index in [1.165, 1.54) is 12.7 Å². The van der Waals surface area contributed by atoms with Crippen LogP contribution < -0.4 is 0 Å². The van der Waals surface area contributed by atoms with Crippen molar-refractivity contribution in [1.29, 1.82) is 0 Å². The van der Waals surface area contributed by atoms with Crippen molar-refractivity contribution in [3.63, 3.8) is 0 Å². The number of aromatic amines is 1. The average molecular weight is 365 g/mol. The van der Waals surface area contributed by atoms with Gasteiger partial charge in [0.2, 0.25) is 0 Å². The summed E-state index contributed by atoms with van der Waals surface area (Å²) in [6.07, 6.45) is 11.5. The minimum Gasteiger partial charge on any atom is -0.262 e. The van der Waals surface area contributed by atoms with Crippen LogP contribution in [0.5, 0.6) is 0 Å². The van der Waals surface area contributed by atoms with Gasteiger partial charge in [-0.25, -0.2) is 14.6 Å². The largest absolute Gasteiger partial charge is 0.262 e. The Morgan fingerprint density at radius 2 is 2.04 bits per heavy atom. The average Bonchev–Trinajstić information content (AvgIpc) is 3.29. The van der Waals surface area contributed by atoms with Gasteiger partial charge >= 0.3 is 0 Å². The number of pyridine rings is 2. The maximum Gasteiger partial charge on any atom is 0.163 e. The molecule has 4 aromatic rings. The zero-order valence-corrected chi connectivity index (χ0v) is 14.6. The first-order valence-electron chi connectivity index (χ1n) is 8.35. The second-order valence-corrected chi connectivity index (χ2v) is 7.99. The summed E-state index contributed by atoms with van der Waals surface area (Å²) in [5.41, 5.74) is 2.29. The molecule has 9 heteroatoms. The van der Waals surface area contributed by atoms with Gasteiger partial charge in [-0.1, -0.05) is 6.42 Å². The monoisotopic (exact) mass is 365 g/mol. The summed E-state index contributed by atoms with van der Waals surface area (Å²) >= 11 is 0. The molecule has 26 heavy (non-hydrogen) atoms. The highest BCUT2D eigenvalue weighted by atomic mass is 32.2. The van der Waals surface area contributed by atoms with Gasteiger partial charge in [-0.2, -0.15) is 10.2 Å². The fraction of sp³-hybridized carbons (Fsp3) is 0.235. The molecule has 0 aromatic carbocycles. The van der Waals surface area contributed by atoms with E-state index < -0.39 is 10.8 Å². The highest BCUT2D eigenvalue weighted by Gasteiger charge is 2.25. The predicted molar refractivity (Wildman–Crippen MR) is 96.1 cm³/mol. The molecule has 4 aromatic heterocycles. The quantitative estimate of drug-likeness (QED) is 0.595. The molecule has 8 nitrogen and oxygen atoms in total. The van der Waals surface area contributed by atoms with Gasteiger partial charge in [0.05, 0.1) is 33.8 Å². The normalized spacial score (nSPS) is 15.8. The predicted octanol–water partition coefficient (Wildman–Crippen LogP) is 2.26. The van der Waals surface area contributed by atoms with Gasteiger partial charge in [-0.15, -0.1) is 0 Å². The van der Waals surface area contributed by atoms with E-state index in [0.29, 0.717) is 11.5 Å². The Hall–Kier alpha value is -2.94. The Bertz CT molecular complexity index is 1100. The fourth-order valence-corrected chi connectivity index (χ4v) is 4.54. The van der Waals surface area contributed by atoms with E-state index >= 15 is 0 Å². The first-order chi connectivity index (χ1) is 12.8. The lowest BCUT2D eigenvalue weighted by Gasteiger charge is -2.24. The maximum absolute atomic E-state index is 12.5. The molecular formula is C17H15N7OS. The summed E-state index contributed by atoms with van der Waals surface area (Å²) in [7, 11) is -0.988. The Morgan fingerprint density at radius 1 is 1.12 bits per heavy atom. The van der Waals surface area contributed by atoms with Crippen molar-refractivity contribution in [2.24, 2.45) is 0 Å². The summed E-state index contributed by atoms with van der Waals surface area (Å²) in [4.78, 5) is 13.7. The van der Waals surface area contributed by atoms with Gasteiger partial charge in [0.25, 0.3) is 0 Å². The third-order valence-corrected chi connectivity index (χ3v) is 6.39. The maximum atomic E-state index is 12.5. The first-order valence-corrected chi connectivity index (χ1v) is 9.56. The molecule has 0 bridgehead atoms. The molecule has 0 saturated heterocycles. The van der Waals surface area contributed by atoms with Crippen molar-refractivity contribution in [3.8, 4) is 17.1 Å². The van der Waals surface area contributed by atoms with Crippen LogP contribution in [0, 0.1) is 0 Å². The van der Waals surface area contributed by atoms with E-state index in [1.54, 1.807) is 29.5 Å². The number of nitrogens with zero attached hydrogens (tertiary/aromatic N) is 6. The molecule has 0 radical (unpaired) electrons. The molecule has 0 amide bonds. The third kappa shape index (κ3) is 2.51. The number of aromatic nitrogens is 7. The Kier molecular flexibility index (Phi) is 3.59. The van der Waals surface area contributed by atoms with Gasteiger partial charge in [0, 0.05) is 28.6 Å². The SMILES string of the molecule is O=[S@@](c1cnc2c(cnn2-c2cncc(-c3ncn[nH]3)c2)c1)C1CCC1. The van der Waals surface area contributed by atoms with Gasteiger partial charge in [0.1, 0.15) is 6.33 Å². The van der Waals surface area contributed by atoms with Crippen molar-refractivity contribution < 1.29 is 4.21 Å². The topological polar surface area (TPSA) is 102 Å². The lowest BCUT2D eigenvalue weighted by Crippen LogP contribution is -2.23. The number of rotatable bonds is 4. The third-order valence-electron chi connectivity index (χ3n) is 4.63. The van der Waals surface area contributed by atoms with Crippen molar-refractivity contribution in [2.45, 2.75) is 29.4 Å². The number of nitrogens with one attached hydrogen (secondary N) is 1. The first kappa shape index (κ1) is 15.3. The lowest BCUT2D eigenvalue weighted by atomic mass is 10.0. The van der Waals surface area contributed by atoms with E-state index in [9.17, 15) is 4.21 Å². The molecule has 1 N–H and O–H groups in total. The van der Waals surface area contributed by atoms with Crippen LogP contribution in [0.25, 0.3) is 28.1 Å². The summed E-state index contributed by atoms with van der Waals surface area (Å²) in [5.74, 6) is 0.641. The zero-order valence-electron chi connectivity index (χ0n) is 13.7. The molecule has 0 unspecified atom stereocenters. The van der Waals surface area contributed by atoms with Crippen LogP contribution in [0.3, 0.4) is 0 Å². The van der Waals surface area contributed by atoms with Crippen LogP contribution in [0.15, 0.2) is 48.1 Å². The summed E-state index contributed by atoms with van der Waals surface area (Å²) in [5, 5.41) is 12.3. The van der Waals surface area contributed by atoms with Crippen LogP contribution in [0.4, 0.5) is 0 Å². The molecule has 1 atom stereocenters. The molecule has 4 heterocycles. The minimum atomic E-state index is -0.988. The van der Waals surface area contributed by atoms with Crippen molar-refractivity contribution in [3.05, 3.63) is 43.2 Å². The molecule has 1 aliphatic rings. The van der Waals surface area contributed by atoms with Gasteiger partial charge in [-0.3, -0.25) is 14.3 Å². The number of fused-ring (bicyclic) bond motifs is 1. The molecule has 130 valence electrons. The molecule has 5 rings (SSSR count). The molecular weight excluding hydrogens is 350 g/mol. The second-order valence-electron chi connectivity index (χ2n) is 6.26. The van der Waals surface area contributed by atoms with Crippen LogP contribution in [0.2, 0.25) is 0 Å². The van der Waals surface area contributed by atoms with Crippen LogP contribution >= 0.6 is 0 Å². The Balaban J connectivity index is 1.54. The Morgan fingerprint density at radius 3 is 2.81 bits per heavy atom. The highest BCUT2D eigenvalue weighted by Crippen LogP contribution is 2.29. The number of hydrogen-bond acceptors (Lipinski definition) is 6. The van der Waals surface area contributed by atoms with E-state index in [1.807, 2.05) is 12.1 Å². The number of H-pyrrole nitrogens is 1. The molecule has 1 aliphatic carbocycles. The van der Waals surface area contributed by atoms with Gasteiger partial charge in [-0.05, 0) is 25.0 Å². The van der Waals surface area contributed by atoms with Gasteiger partial charge in [0.15, 0.2) is 11.5 Å². The Labute approximate surface area is 151 Å². The smallest absolute Gasteiger partial charge is 0.163 e. The molecule has 0 aliphatic heterocycles. The highest BCUT2D eigenvalue weighted by molar-refractivity contribution is 7.85. The second kappa shape index (κ2) is 6.10.